The molecule has 0 aliphatic rings. The fourth-order valence-electron chi connectivity index (χ4n) is 1.57. The molecule has 106 valence electrons. The van der Waals surface area contributed by atoms with Crippen molar-refractivity contribution < 1.29 is 4.92 Å². The van der Waals surface area contributed by atoms with Crippen LogP contribution in [-0.2, 0) is 5.75 Å². The maximum atomic E-state index is 10.9. The van der Waals surface area contributed by atoms with Gasteiger partial charge in [-0.2, -0.15) is 0 Å². The van der Waals surface area contributed by atoms with Crippen molar-refractivity contribution in [3.05, 3.63) is 45.5 Å². The Balaban J connectivity index is 1.98. The van der Waals surface area contributed by atoms with E-state index in [1.807, 2.05) is 12.3 Å². The Bertz CT molecular complexity index is 587. The fraction of sp³-hybridized carbons (Fsp3) is 0.308. The number of benzene rings is 1. The van der Waals surface area contributed by atoms with Gasteiger partial charge in [0.1, 0.15) is 0 Å². The van der Waals surface area contributed by atoms with Crippen LogP contribution in [0.5, 0.6) is 0 Å². The molecule has 0 aliphatic heterocycles. The Kier molecular flexibility index (Phi) is 5.37. The van der Waals surface area contributed by atoms with Gasteiger partial charge < -0.3 is 5.32 Å². The lowest BCUT2D eigenvalue weighted by molar-refractivity contribution is -0.387. The fourth-order valence-corrected chi connectivity index (χ4v) is 3.45. The molecule has 1 N–H and O–H groups in total. The van der Waals surface area contributed by atoms with E-state index in [4.69, 9.17) is 0 Å². The number of hydrogen-bond donors (Lipinski definition) is 1. The number of nitrogens with one attached hydrogen (secondary N) is 1. The van der Waals surface area contributed by atoms with Gasteiger partial charge in [-0.15, -0.1) is 23.1 Å². The van der Waals surface area contributed by atoms with Crippen LogP contribution < -0.4 is 5.32 Å². The standard InChI is InChI=1S/C13H15N3O2S2/c1-2-7-14-13-15-8-10(20-13)9-19-12-6-4-3-5-11(12)16(17)18/h3-6,8H,2,7,9H2,1H3,(H,14,15). The van der Waals surface area contributed by atoms with Gasteiger partial charge in [-0.05, 0) is 12.5 Å². The van der Waals surface area contributed by atoms with Crippen molar-refractivity contribution in [2.75, 3.05) is 11.9 Å². The second kappa shape index (κ2) is 7.25. The molecule has 0 atom stereocenters. The molecule has 2 rings (SSSR count). The van der Waals surface area contributed by atoms with Crippen molar-refractivity contribution in [1.29, 1.82) is 0 Å². The quantitative estimate of drug-likeness (QED) is 0.472. The lowest BCUT2D eigenvalue weighted by atomic mass is 10.3. The first-order valence-corrected chi connectivity index (χ1v) is 8.05. The van der Waals surface area contributed by atoms with Crippen molar-refractivity contribution in [3.8, 4) is 0 Å². The molecule has 0 aliphatic carbocycles. The summed E-state index contributed by atoms with van der Waals surface area (Å²) in [4.78, 5) is 16.7. The summed E-state index contributed by atoms with van der Waals surface area (Å²) in [5.74, 6) is 0.691. The molecule has 0 spiro atoms. The number of hydrogen-bond acceptors (Lipinski definition) is 6. The number of thioether (sulfide) groups is 1. The summed E-state index contributed by atoms with van der Waals surface area (Å²) in [6, 6.07) is 6.81. The highest BCUT2D eigenvalue weighted by Gasteiger charge is 2.13. The van der Waals surface area contributed by atoms with E-state index >= 15 is 0 Å². The van der Waals surface area contributed by atoms with E-state index in [2.05, 4.69) is 17.2 Å². The normalized spacial score (nSPS) is 10.4. The Morgan fingerprint density at radius 3 is 3.00 bits per heavy atom. The molecule has 0 radical (unpaired) electrons. The number of thiazole rings is 1. The average molecular weight is 309 g/mol. The maximum Gasteiger partial charge on any atom is 0.282 e. The van der Waals surface area contributed by atoms with Gasteiger partial charge in [0, 0.05) is 29.4 Å². The second-order valence-corrected chi connectivity index (χ2v) is 6.20. The Hall–Kier alpha value is -1.60. The van der Waals surface area contributed by atoms with E-state index in [0.717, 1.165) is 23.0 Å². The van der Waals surface area contributed by atoms with E-state index in [0.29, 0.717) is 10.6 Å². The maximum absolute atomic E-state index is 10.9. The predicted octanol–water partition coefficient (Wildman–Crippen LogP) is 4.17. The average Bonchev–Trinajstić information content (AvgIpc) is 2.91. The number of rotatable bonds is 7. The molecule has 0 amide bonds. The van der Waals surface area contributed by atoms with Crippen LogP contribution in [0.4, 0.5) is 10.8 Å². The summed E-state index contributed by atoms with van der Waals surface area (Å²) in [5, 5.41) is 15.1. The summed E-state index contributed by atoms with van der Waals surface area (Å²) in [7, 11) is 0. The van der Waals surface area contributed by atoms with Crippen molar-refractivity contribution in [1.82, 2.24) is 4.98 Å². The zero-order chi connectivity index (χ0) is 14.4. The predicted molar refractivity (Wildman–Crippen MR) is 83.6 cm³/mol. The molecular weight excluding hydrogens is 294 g/mol. The van der Waals surface area contributed by atoms with Crippen LogP contribution in [0.3, 0.4) is 0 Å². The summed E-state index contributed by atoms with van der Waals surface area (Å²) in [5.41, 5.74) is 0.159. The summed E-state index contributed by atoms with van der Waals surface area (Å²) in [6.45, 7) is 3.01. The molecule has 0 fully saturated rings. The highest BCUT2D eigenvalue weighted by molar-refractivity contribution is 7.98. The largest absolute Gasteiger partial charge is 0.362 e. The lowest BCUT2D eigenvalue weighted by Gasteiger charge is -2.01. The molecule has 0 bridgehead atoms. The third-order valence-corrected chi connectivity index (χ3v) is 4.76. The van der Waals surface area contributed by atoms with E-state index in [-0.39, 0.29) is 10.6 Å². The third kappa shape index (κ3) is 3.94. The first-order valence-electron chi connectivity index (χ1n) is 6.25. The van der Waals surface area contributed by atoms with Crippen molar-refractivity contribution in [2.24, 2.45) is 0 Å². The molecule has 1 aromatic carbocycles. The van der Waals surface area contributed by atoms with Crippen molar-refractivity contribution in [2.45, 2.75) is 24.0 Å². The highest BCUT2D eigenvalue weighted by atomic mass is 32.2. The lowest BCUT2D eigenvalue weighted by Crippen LogP contribution is -1.97. The smallest absolute Gasteiger partial charge is 0.282 e. The van der Waals surface area contributed by atoms with E-state index in [9.17, 15) is 10.1 Å². The van der Waals surface area contributed by atoms with Gasteiger partial charge in [-0.25, -0.2) is 4.98 Å². The van der Waals surface area contributed by atoms with Crippen LogP contribution in [0.1, 0.15) is 18.2 Å². The van der Waals surface area contributed by atoms with Gasteiger partial charge >= 0.3 is 0 Å². The van der Waals surface area contributed by atoms with Crippen LogP contribution in [-0.4, -0.2) is 16.5 Å². The molecule has 0 unspecified atom stereocenters. The SMILES string of the molecule is CCCNc1ncc(CSc2ccccc2[N+](=O)[O-])s1. The topological polar surface area (TPSA) is 68.1 Å². The van der Waals surface area contributed by atoms with Crippen LogP contribution in [0.15, 0.2) is 35.4 Å². The first-order chi connectivity index (χ1) is 9.70. The van der Waals surface area contributed by atoms with Gasteiger partial charge in [0.25, 0.3) is 5.69 Å². The Morgan fingerprint density at radius 1 is 1.45 bits per heavy atom. The molecule has 1 heterocycles. The van der Waals surface area contributed by atoms with Crippen LogP contribution >= 0.6 is 23.1 Å². The molecule has 1 aromatic heterocycles. The van der Waals surface area contributed by atoms with Crippen LogP contribution in [0.2, 0.25) is 0 Å². The molecule has 7 heteroatoms. The summed E-state index contributed by atoms with van der Waals surface area (Å²) >= 11 is 3.06. The first kappa shape index (κ1) is 14.8. The summed E-state index contributed by atoms with van der Waals surface area (Å²) < 4.78 is 0. The minimum atomic E-state index is -0.344. The minimum Gasteiger partial charge on any atom is -0.362 e. The zero-order valence-corrected chi connectivity index (χ0v) is 12.7. The number of nitrogens with zero attached hydrogens (tertiary/aromatic N) is 2. The van der Waals surface area contributed by atoms with Crippen LogP contribution in [0, 0.1) is 10.1 Å². The molecule has 0 saturated carbocycles. The molecule has 20 heavy (non-hydrogen) atoms. The monoisotopic (exact) mass is 309 g/mol. The summed E-state index contributed by atoms with van der Waals surface area (Å²) in [6.07, 6.45) is 2.88. The molecule has 5 nitrogen and oxygen atoms in total. The molecular formula is C13H15N3O2S2. The number of aromatic nitrogens is 1. The van der Waals surface area contributed by atoms with Crippen molar-refractivity contribution in [3.63, 3.8) is 0 Å². The van der Waals surface area contributed by atoms with Crippen molar-refractivity contribution >= 4 is 33.9 Å². The number of anilines is 1. The second-order valence-electron chi connectivity index (χ2n) is 4.07. The molecule has 2 aromatic rings. The minimum absolute atomic E-state index is 0.159. The zero-order valence-electron chi connectivity index (χ0n) is 11.0. The number of para-hydroxylation sites is 1. The number of nitro groups is 1. The van der Waals surface area contributed by atoms with Crippen LogP contribution in [0.25, 0.3) is 0 Å². The van der Waals surface area contributed by atoms with E-state index in [1.54, 1.807) is 23.5 Å². The Morgan fingerprint density at radius 2 is 2.25 bits per heavy atom. The molecule has 0 saturated heterocycles. The van der Waals surface area contributed by atoms with Gasteiger partial charge in [0.2, 0.25) is 0 Å². The van der Waals surface area contributed by atoms with Gasteiger partial charge in [-0.1, -0.05) is 19.1 Å². The van der Waals surface area contributed by atoms with Gasteiger partial charge in [0.15, 0.2) is 5.13 Å². The number of nitro benzene ring substituents is 1. The van der Waals surface area contributed by atoms with E-state index < -0.39 is 0 Å². The van der Waals surface area contributed by atoms with Gasteiger partial charge in [-0.3, -0.25) is 10.1 Å². The van der Waals surface area contributed by atoms with E-state index in [1.165, 1.54) is 17.8 Å². The Labute approximate surface area is 125 Å². The third-order valence-electron chi connectivity index (χ3n) is 2.51. The van der Waals surface area contributed by atoms with Gasteiger partial charge in [0.05, 0.1) is 9.82 Å². The highest BCUT2D eigenvalue weighted by Crippen LogP contribution is 2.33.